The Morgan fingerprint density at radius 3 is 1.48 bits per heavy atom. The Balaban J connectivity index is 1.26. The Bertz CT molecular complexity index is 1160. The molecular formula is C24H16AlI2O4S2+. The van der Waals surface area contributed by atoms with E-state index in [0.717, 1.165) is 37.8 Å². The van der Waals surface area contributed by atoms with E-state index < -0.39 is 15.9 Å². The van der Waals surface area contributed by atoms with E-state index in [-0.39, 0.29) is 24.8 Å². The van der Waals surface area contributed by atoms with Crippen LogP contribution in [0.5, 0.6) is 0 Å². The number of rotatable bonds is 8. The molecule has 0 aliphatic carbocycles. The summed E-state index contributed by atoms with van der Waals surface area (Å²) in [7, 11) is 0. The molecule has 0 atom stereocenters. The fourth-order valence-electron chi connectivity index (χ4n) is 3.07. The molecular weight excluding hydrogens is 697 g/mol. The van der Waals surface area contributed by atoms with E-state index in [1.807, 2.05) is 72.8 Å². The Morgan fingerprint density at radius 1 is 0.697 bits per heavy atom. The van der Waals surface area contributed by atoms with E-state index in [9.17, 15) is 9.59 Å². The average Bonchev–Trinajstić information content (AvgIpc) is 3.37. The van der Waals surface area contributed by atoms with Gasteiger partial charge in [-0.1, -0.05) is 0 Å². The molecule has 0 unspecified atom stereocenters. The first-order chi connectivity index (χ1) is 16.0. The van der Waals surface area contributed by atoms with E-state index in [0.29, 0.717) is 0 Å². The van der Waals surface area contributed by atoms with Crippen molar-refractivity contribution in [1.82, 2.24) is 0 Å². The SMILES string of the molecule is O=C(Cc1cc(-c2ccccc2)sc1I)[O][Al+][O]C(=O)Cc1cc(-c2ccccc2)sc1I. The van der Waals surface area contributed by atoms with Crippen LogP contribution in [0.3, 0.4) is 0 Å². The first-order valence-corrected chi connectivity index (χ1v) is 14.6. The van der Waals surface area contributed by atoms with Crippen molar-refractivity contribution in [3.8, 4) is 20.9 Å². The molecule has 33 heavy (non-hydrogen) atoms. The van der Waals surface area contributed by atoms with Crippen molar-refractivity contribution < 1.29 is 17.2 Å². The molecule has 0 amide bonds. The molecule has 4 rings (SSSR count). The standard InChI is InChI=1S/2C12H9IO2S.Al/c2*13-12-9(7-11(14)15)6-10(16-12)8-4-2-1-3-5-8;/h2*1-6H,7H2,(H,14,15);/q;;+3/p-2. The van der Waals surface area contributed by atoms with E-state index >= 15 is 0 Å². The zero-order valence-corrected chi connectivity index (χ0v) is 24.2. The van der Waals surface area contributed by atoms with Crippen LogP contribution < -0.4 is 0 Å². The summed E-state index contributed by atoms with van der Waals surface area (Å²) in [5.74, 6) is -0.769. The van der Waals surface area contributed by atoms with Crippen molar-refractivity contribution in [2.75, 3.05) is 0 Å². The van der Waals surface area contributed by atoms with Crippen LogP contribution in [0.2, 0.25) is 0 Å². The Morgan fingerprint density at radius 2 is 1.09 bits per heavy atom. The van der Waals surface area contributed by atoms with Crippen LogP contribution in [-0.2, 0) is 30.0 Å². The molecule has 0 radical (unpaired) electrons. The molecule has 0 fully saturated rings. The first-order valence-electron chi connectivity index (χ1n) is 9.87. The molecule has 0 bridgehead atoms. The van der Waals surface area contributed by atoms with Crippen LogP contribution in [0.25, 0.3) is 20.9 Å². The summed E-state index contributed by atoms with van der Waals surface area (Å²) in [6.07, 6.45) is 0.323. The van der Waals surface area contributed by atoms with Gasteiger partial charge in [0, 0.05) is 0 Å². The minimum atomic E-state index is -1.19. The third-order valence-electron chi connectivity index (χ3n) is 4.66. The van der Waals surface area contributed by atoms with Gasteiger partial charge in [0.2, 0.25) is 0 Å². The van der Waals surface area contributed by atoms with Crippen LogP contribution in [0.15, 0.2) is 72.8 Å². The molecule has 0 aliphatic rings. The van der Waals surface area contributed by atoms with Gasteiger partial charge in [-0.15, -0.1) is 0 Å². The first kappa shape index (κ1) is 24.9. The van der Waals surface area contributed by atoms with Gasteiger partial charge in [0.05, 0.1) is 0 Å². The normalized spacial score (nSPS) is 10.5. The molecule has 2 aromatic heterocycles. The monoisotopic (exact) mass is 713 g/mol. The fourth-order valence-corrected chi connectivity index (χ4v) is 7.44. The summed E-state index contributed by atoms with van der Waals surface area (Å²) < 4.78 is 12.6. The van der Waals surface area contributed by atoms with Gasteiger partial charge in [0.1, 0.15) is 0 Å². The summed E-state index contributed by atoms with van der Waals surface area (Å²) in [5.41, 5.74) is 4.10. The second-order valence-corrected chi connectivity index (χ2v) is 13.4. The summed E-state index contributed by atoms with van der Waals surface area (Å²) in [4.78, 5) is 26.8. The van der Waals surface area contributed by atoms with Crippen molar-refractivity contribution in [3.63, 3.8) is 0 Å². The quantitative estimate of drug-likeness (QED) is 0.150. The van der Waals surface area contributed by atoms with Crippen LogP contribution in [-0.4, -0.2) is 27.8 Å². The predicted molar refractivity (Wildman–Crippen MR) is 150 cm³/mol. The molecule has 2 aromatic carbocycles. The number of carbonyl (C=O) groups excluding carboxylic acids is 2. The van der Waals surface area contributed by atoms with Gasteiger partial charge in [-0.25, -0.2) is 0 Å². The summed E-state index contributed by atoms with van der Waals surface area (Å²) in [6, 6.07) is 24.2. The molecule has 164 valence electrons. The Kier molecular flexibility index (Phi) is 9.01. The van der Waals surface area contributed by atoms with Crippen LogP contribution >= 0.6 is 67.9 Å². The van der Waals surface area contributed by atoms with Gasteiger partial charge in [0.25, 0.3) is 0 Å². The molecule has 0 N–H and O–H groups in total. The summed E-state index contributed by atoms with van der Waals surface area (Å²) in [5, 5.41) is 0. The van der Waals surface area contributed by atoms with E-state index in [1.165, 1.54) is 0 Å². The van der Waals surface area contributed by atoms with Gasteiger partial charge in [-0.3, -0.25) is 0 Å². The summed E-state index contributed by atoms with van der Waals surface area (Å²) in [6.45, 7) is 0. The second kappa shape index (κ2) is 12.0. The van der Waals surface area contributed by atoms with Crippen LogP contribution in [0, 0.1) is 5.77 Å². The van der Waals surface area contributed by atoms with Crippen molar-refractivity contribution in [3.05, 3.63) is 89.7 Å². The fraction of sp³-hybridized carbons (Fsp3) is 0.0833. The number of hydrogen-bond acceptors (Lipinski definition) is 6. The third kappa shape index (κ3) is 6.90. The molecule has 9 heteroatoms. The van der Waals surface area contributed by atoms with Crippen LogP contribution in [0.1, 0.15) is 11.1 Å². The van der Waals surface area contributed by atoms with E-state index in [4.69, 9.17) is 7.58 Å². The van der Waals surface area contributed by atoms with Crippen molar-refractivity contribution in [1.29, 1.82) is 0 Å². The minimum absolute atomic E-state index is 0.162. The van der Waals surface area contributed by atoms with Crippen LogP contribution in [0.4, 0.5) is 0 Å². The van der Waals surface area contributed by atoms with Crippen molar-refractivity contribution in [2.45, 2.75) is 12.8 Å². The van der Waals surface area contributed by atoms with Crippen molar-refractivity contribution in [2.24, 2.45) is 0 Å². The molecule has 0 saturated carbocycles. The topological polar surface area (TPSA) is 52.6 Å². The number of carbonyl (C=O) groups is 2. The maximum atomic E-state index is 12.3. The Hall–Kier alpha value is -1.23. The molecule has 4 nitrogen and oxygen atoms in total. The number of hydrogen-bond donors (Lipinski definition) is 0. The van der Waals surface area contributed by atoms with Gasteiger partial charge in [-0.2, -0.15) is 0 Å². The molecule has 0 saturated heterocycles. The molecule has 4 aromatic rings. The molecule has 2 heterocycles. The zero-order chi connectivity index (χ0) is 23.2. The molecule has 0 aliphatic heterocycles. The van der Waals surface area contributed by atoms with Crippen molar-refractivity contribution >= 4 is 95.7 Å². The molecule has 0 spiro atoms. The van der Waals surface area contributed by atoms with Gasteiger partial charge in [-0.05, 0) is 0 Å². The number of benzene rings is 2. The van der Waals surface area contributed by atoms with E-state index in [2.05, 4.69) is 45.2 Å². The average molecular weight is 713 g/mol. The second-order valence-electron chi connectivity index (χ2n) is 6.98. The van der Waals surface area contributed by atoms with Gasteiger partial charge >= 0.3 is 236 Å². The number of thiophene rings is 2. The summed E-state index contributed by atoms with van der Waals surface area (Å²) >= 11 is 6.58. The number of halogens is 2. The zero-order valence-electron chi connectivity index (χ0n) is 17.1. The third-order valence-corrected chi connectivity index (χ3v) is 10.1. The maximum absolute atomic E-state index is 12.3. The van der Waals surface area contributed by atoms with Gasteiger partial charge < -0.3 is 0 Å². The van der Waals surface area contributed by atoms with E-state index in [1.54, 1.807) is 22.7 Å². The predicted octanol–water partition coefficient (Wildman–Crippen LogP) is 6.76. The van der Waals surface area contributed by atoms with Gasteiger partial charge in [0.15, 0.2) is 0 Å². The Labute approximate surface area is 234 Å².